The summed E-state index contributed by atoms with van der Waals surface area (Å²) < 4.78 is 39.9. The number of thioether (sulfide) groups is 1. The van der Waals surface area contributed by atoms with E-state index >= 15 is 0 Å². The number of carbonyl (C=O) groups is 1. The van der Waals surface area contributed by atoms with E-state index in [9.17, 15) is 18.0 Å². The molecule has 0 saturated heterocycles. The maximum Gasteiger partial charge on any atom is 0.417 e. The number of anilines is 2. The molecule has 2 aromatic carbocycles. The van der Waals surface area contributed by atoms with Crippen LogP contribution in [0.4, 0.5) is 24.8 Å². The lowest BCUT2D eigenvalue weighted by atomic mass is 10.2. The SMILES string of the molecule is Nn1c(N/N=C/c2cccc(Cl)c2)nnc1SCC(=O)Nc1ccc(Cl)c(C(F)(F)F)c1. The molecule has 0 radical (unpaired) electrons. The number of rotatable bonds is 7. The van der Waals surface area contributed by atoms with E-state index in [1.807, 2.05) is 0 Å². The zero-order valence-electron chi connectivity index (χ0n) is 15.9. The van der Waals surface area contributed by atoms with Gasteiger partial charge in [0.15, 0.2) is 0 Å². The van der Waals surface area contributed by atoms with Crippen molar-refractivity contribution in [1.82, 2.24) is 14.9 Å². The number of nitrogens with one attached hydrogen (secondary N) is 2. The van der Waals surface area contributed by atoms with Crippen LogP contribution < -0.4 is 16.6 Å². The van der Waals surface area contributed by atoms with E-state index < -0.39 is 22.7 Å². The molecule has 0 spiro atoms. The number of hydrogen-bond donors (Lipinski definition) is 3. The predicted molar refractivity (Wildman–Crippen MR) is 119 cm³/mol. The van der Waals surface area contributed by atoms with Gasteiger partial charge < -0.3 is 11.2 Å². The van der Waals surface area contributed by atoms with Gasteiger partial charge in [-0.15, -0.1) is 10.2 Å². The number of hydrazone groups is 1. The van der Waals surface area contributed by atoms with Crippen molar-refractivity contribution in [2.24, 2.45) is 5.10 Å². The number of benzene rings is 2. The van der Waals surface area contributed by atoms with Gasteiger partial charge in [-0.25, -0.2) is 10.1 Å². The van der Waals surface area contributed by atoms with E-state index in [-0.39, 0.29) is 22.5 Å². The Morgan fingerprint density at radius 3 is 2.72 bits per heavy atom. The first-order chi connectivity index (χ1) is 15.1. The number of hydrogen-bond acceptors (Lipinski definition) is 7. The lowest BCUT2D eigenvalue weighted by Gasteiger charge is -2.11. The van der Waals surface area contributed by atoms with E-state index in [1.165, 1.54) is 12.3 Å². The summed E-state index contributed by atoms with van der Waals surface area (Å²) in [5.41, 5.74) is 2.27. The number of nitrogens with zero attached hydrogens (tertiary/aromatic N) is 4. The van der Waals surface area contributed by atoms with Gasteiger partial charge >= 0.3 is 6.18 Å². The van der Waals surface area contributed by atoms with E-state index in [4.69, 9.17) is 29.0 Å². The highest BCUT2D eigenvalue weighted by Crippen LogP contribution is 2.36. The largest absolute Gasteiger partial charge is 0.417 e. The molecule has 0 bridgehead atoms. The Kier molecular flexibility index (Phi) is 7.48. The van der Waals surface area contributed by atoms with Gasteiger partial charge in [0.25, 0.3) is 5.95 Å². The van der Waals surface area contributed by atoms with Gasteiger partial charge in [0.05, 0.1) is 22.6 Å². The number of alkyl halides is 3. The van der Waals surface area contributed by atoms with Crippen molar-refractivity contribution in [3.63, 3.8) is 0 Å². The summed E-state index contributed by atoms with van der Waals surface area (Å²) in [6.07, 6.45) is -3.14. The van der Waals surface area contributed by atoms with Gasteiger partial charge in [0, 0.05) is 10.7 Å². The molecule has 0 aliphatic heterocycles. The van der Waals surface area contributed by atoms with Gasteiger partial charge in [-0.1, -0.05) is 47.1 Å². The van der Waals surface area contributed by atoms with Gasteiger partial charge in [-0.3, -0.25) is 4.79 Å². The fourth-order valence-electron chi connectivity index (χ4n) is 2.35. The molecule has 14 heteroatoms. The Morgan fingerprint density at radius 1 is 1.22 bits per heavy atom. The zero-order valence-corrected chi connectivity index (χ0v) is 18.2. The Labute approximate surface area is 193 Å². The van der Waals surface area contributed by atoms with Crippen LogP contribution >= 0.6 is 35.0 Å². The van der Waals surface area contributed by atoms with Crippen molar-refractivity contribution in [2.45, 2.75) is 11.3 Å². The molecule has 1 amide bonds. The average molecular weight is 504 g/mol. The Hall–Kier alpha value is -2.96. The van der Waals surface area contributed by atoms with Crippen molar-refractivity contribution in [3.8, 4) is 0 Å². The van der Waals surface area contributed by atoms with Crippen molar-refractivity contribution in [2.75, 3.05) is 22.3 Å². The van der Waals surface area contributed by atoms with Crippen LogP contribution in [0.2, 0.25) is 10.0 Å². The minimum absolute atomic E-state index is 0.0424. The van der Waals surface area contributed by atoms with Gasteiger partial charge in [-0.2, -0.15) is 18.3 Å². The second-order valence-corrected chi connectivity index (χ2v) is 7.92. The lowest BCUT2D eigenvalue weighted by Crippen LogP contribution is -2.17. The van der Waals surface area contributed by atoms with Gasteiger partial charge in [0.2, 0.25) is 11.1 Å². The summed E-state index contributed by atoms with van der Waals surface area (Å²) in [7, 11) is 0. The molecular weight excluding hydrogens is 490 g/mol. The molecule has 1 heterocycles. The standard InChI is InChI=1S/C18H14Cl2F3N7OS/c19-11-3-1-2-10(6-11)8-25-27-16-28-29-17(30(16)24)32-9-15(31)26-12-4-5-14(20)13(7-12)18(21,22)23/h1-8H,9,24H2,(H,26,31)(H,27,28)/b25-8+. The zero-order chi connectivity index (χ0) is 23.3. The smallest absolute Gasteiger partial charge is 0.334 e. The molecular formula is C18H14Cl2F3N7OS. The molecule has 0 unspecified atom stereocenters. The summed E-state index contributed by atoms with van der Waals surface area (Å²) in [6.45, 7) is 0. The molecule has 0 aliphatic carbocycles. The molecule has 0 saturated carbocycles. The van der Waals surface area contributed by atoms with Crippen LogP contribution in [0.1, 0.15) is 11.1 Å². The van der Waals surface area contributed by atoms with Crippen LogP contribution in [-0.2, 0) is 11.0 Å². The fourth-order valence-corrected chi connectivity index (χ4v) is 3.43. The minimum atomic E-state index is -4.64. The maximum atomic E-state index is 12.9. The first-order valence-corrected chi connectivity index (χ1v) is 10.4. The van der Waals surface area contributed by atoms with Crippen molar-refractivity contribution < 1.29 is 18.0 Å². The van der Waals surface area contributed by atoms with E-state index in [0.29, 0.717) is 5.02 Å². The van der Waals surface area contributed by atoms with Crippen LogP contribution in [0.25, 0.3) is 0 Å². The number of halogens is 5. The van der Waals surface area contributed by atoms with E-state index in [1.54, 1.807) is 24.3 Å². The first-order valence-electron chi connectivity index (χ1n) is 8.68. The number of nitrogens with two attached hydrogens (primary N) is 1. The number of carbonyl (C=O) groups excluding carboxylic acids is 1. The minimum Gasteiger partial charge on any atom is -0.334 e. The summed E-state index contributed by atoms with van der Waals surface area (Å²) in [6, 6.07) is 10.1. The third kappa shape index (κ3) is 6.28. The molecule has 32 heavy (non-hydrogen) atoms. The molecule has 0 atom stereocenters. The topological polar surface area (TPSA) is 110 Å². The number of amides is 1. The fraction of sp³-hybridized carbons (Fsp3) is 0.111. The molecule has 1 aromatic heterocycles. The third-order valence-corrected chi connectivity index (χ3v) is 5.29. The quantitative estimate of drug-likeness (QED) is 0.189. The summed E-state index contributed by atoms with van der Waals surface area (Å²) in [5.74, 6) is 5.24. The summed E-state index contributed by atoms with van der Waals surface area (Å²) >= 11 is 12.4. The highest BCUT2D eigenvalue weighted by Gasteiger charge is 2.33. The van der Waals surface area contributed by atoms with Crippen LogP contribution in [0, 0.1) is 0 Å². The van der Waals surface area contributed by atoms with Crippen LogP contribution in [0.15, 0.2) is 52.7 Å². The van der Waals surface area contributed by atoms with E-state index in [0.717, 1.165) is 34.1 Å². The van der Waals surface area contributed by atoms with Crippen molar-refractivity contribution in [1.29, 1.82) is 0 Å². The number of nitrogen functional groups attached to an aromatic ring is 1. The average Bonchev–Trinajstić information content (AvgIpc) is 3.07. The molecule has 4 N–H and O–H groups in total. The number of aromatic nitrogens is 3. The summed E-state index contributed by atoms with van der Waals surface area (Å²) in [4.78, 5) is 12.1. The van der Waals surface area contributed by atoms with Gasteiger partial charge in [-0.05, 0) is 35.9 Å². The van der Waals surface area contributed by atoms with Crippen LogP contribution in [-0.4, -0.2) is 32.7 Å². The van der Waals surface area contributed by atoms with Crippen molar-refractivity contribution >= 4 is 58.7 Å². The van der Waals surface area contributed by atoms with Crippen LogP contribution in [0.3, 0.4) is 0 Å². The third-order valence-electron chi connectivity index (χ3n) is 3.78. The second-order valence-electron chi connectivity index (χ2n) is 6.13. The molecule has 168 valence electrons. The maximum absolute atomic E-state index is 12.9. The first kappa shape index (κ1) is 23.7. The molecule has 0 fully saturated rings. The Balaban J connectivity index is 1.56. The lowest BCUT2D eigenvalue weighted by molar-refractivity contribution is -0.137. The summed E-state index contributed by atoms with van der Waals surface area (Å²) in [5, 5.41) is 14.3. The second kappa shape index (κ2) is 10.1. The normalized spacial score (nSPS) is 11.7. The molecule has 8 nitrogen and oxygen atoms in total. The Bertz CT molecular complexity index is 1150. The van der Waals surface area contributed by atoms with Crippen molar-refractivity contribution in [3.05, 3.63) is 63.6 Å². The van der Waals surface area contributed by atoms with E-state index in [2.05, 4.69) is 26.0 Å². The van der Waals surface area contributed by atoms with Crippen LogP contribution in [0.5, 0.6) is 0 Å². The monoisotopic (exact) mass is 503 g/mol. The highest BCUT2D eigenvalue weighted by molar-refractivity contribution is 7.99. The molecule has 0 aliphatic rings. The highest BCUT2D eigenvalue weighted by atomic mass is 35.5. The molecule has 3 aromatic rings. The van der Waals surface area contributed by atoms with Gasteiger partial charge in [0.1, 0.15) is 0 Å². The Morgan fingerprint density at radius 2 is 2.00 bits per heavy atom. The predicted octanol–water partition coefficient (Wildman–Crippen LogP) is 4.49. The molecule has 3 rings (SSSR count).